The molecule has 0 saturated heterocycles. The average Bonchev–Trinajstić information content (AvgIpc) is 2.56. The molecule has 2 aromatic carbocycles. The molecule has 6 nitrogen and oxygen atoms in total. The second-order valence-corrected chi connectivity index (χ2v) is 7.69. The number of sulfonamides is 1. The van der Waals surface area contributed by atoms with Gasteiger partial charge in [0.05, 0.1) is 23.1 Å². The van der Waals surface area contributed by atoms with Crippen LogP contribution in [-0.4, -0.2) is 27.5 Å². The Hall–Kier alpha value is -1.80. The van der Waals surface area contributed by atoms with Crippen LogP contribution in [0, 0.1) is 0 Å². The Morgan fingerprint density at radius 2 is 1.76 bits per heavy atom. The van der Waals surface area contributed by atoms with E-state index in [-0.39, 0.29) is 9.92 Å². The summed E-state index contributed by atoms with van der Waals surface area (Å²) in [6.07, 6.45) is 0. The molecule has 0 aliphatic rings. The van der Waals surface area contributed by atoms with Gasteiger partial charge in [0, 0.05) is 10.7 Å². The number of anilines is 1. The molecular weight excluding hydrogens is 387 g/mol. The van der Waals surface area contributed by atoms with E-state index in [0.717, 1.165) is 0 Å². The first-order valence-corrected chi connectivity index (χ1v) is 9.39. The molecule has 2 aromatic rings. The summed E-state index contributed by atoms with van der Waals surface area (Å²) in [6, 6.07) is 9.51. The molecule has 9 heteroatoms. The minimum atomic E-state index is -3.92. The summed E-state index contributed by atoms with van der Waals surface area (Å²) in [4.78, 5) is 12.1. The van der Waals surface area contributed by atoms with Crippen molar-refractivity contribution in [1.82, 2.24) is 4.72 Å². The van der Waals surface area contributed by atoms with Crippen molar-refractivity contribution in [3.05, 3.63) is 52.5 Å². The van der Waals surface area contributed by atoms with Crippen molar-refractivity contribution in [2.24, 2.45) is 0 Å². The number of carbonyl (C=O) groups is 1. The fraction of sp³-hybridized carbons (Fsp3) is 0.188. The first kappa shape index (κ1) is 19.5. The van der Waals surface area contributed by atoms with Gasteiger partial charge >= 0.3 is 0 Å². The van der Waals surface area contributed by atoms with Crippen molar-refractivity contribution in [3.8, 4) is 5.75 Å². The Bertz CT molecular complexity index is 870. The quantitative estimate of drug-likeness (QED) is 0.775. The standard InChI is InChI=1S/C16H16Cl2N2O4S/c1-10(16(21)19-12-5-3-11(17)4-6-12)20-25(22,23)13-7-8-15(24-2)14(18)9-13/h3-10,20H,1-2H3,(H,19,21)/t10-/m1/s1. The molecule has 0 aliphatic heterocycles. The molecule has 0 spiro atoms. The molecule has 0 fully saturated rings. The summed E-state index contributed by atoms with van der Waals surface area (Å²) in [5, 5.41) is 3.29. The Kier molecular flexibility index (Phi) is 6.29. The molecule has 134 valence electrons. The van der Waals surface area contributed by atoms with Crippen LogP contribution in [0.15, 0.2) is 47.4 Å². The van der Waals surface area contributed by atoms with Crippen molar-refractivity contribution < 1.29 is 17.9 Å². The van der Waals surface area contributed by atoms with Crippen LogP contribution in [-0.2, 0) is 14.8 Å². The molecule has 0 aromatic heterocycles. The monoisotopic (exact) mass is 402 g/mol. The van der Waals surface area contributed by atoms with Crippen molar-refractivity contribution in [3.63, 3.8) is 0 Å². The van der Waals surface area contributed by atoms with Crippen LogP contribution in [0.4, 0.5) is 5.69 Å². The third-order valence-electron chi connectivity index (χ3n) is 3.27. The van der Waals surface area contributed by atoms with Crippen LogP contribution >= 0.6 is 23.2 Å². The lowest BCUT2D eigenvalue weighted by Gasteiger charge is -2.15. The number of hydrogen-bond donors (Lipinski definition) is 2. The summed E-state index contributed by atoms with van der Waals surface area (Å²) in [5.74, 6) is -0.153. The second-order valence-electron chi connectivity index (χ2n) is 5.14. The van der Waals surface area contributed by atoms with E-state index in [1.165, 1.54) is 32.2 Å². The van der Waals surface area contributed by atoms with E-state index in [2.05, 4.69) is 10.0 Å². The summed E-state index contributed by atoms with van der Waals surface area (Å²) < 4.78 is 32.1. The molecule has 0 radical (unpaired) electrons. The fourth-order valence-corrected chi connectivity index (χ4v) is 3.63. The van der Waals surface area contributed by atoms with Crippen LogP contribution in [0.3, 0.4) is 0 Å². The number of ether oxygens (including phenoxy) is 1. The molecular formula is C16H16Cl2N2O4S. The Labute approximate surface area is 156 Å². The van der Waals surface area contributed by atoms with E-state index >= 15 is 0 Å². The van der Waals surface area contributed by atoms with Gasteiger partial charge in [-0.15, -0.1) is 0 Å². The summed E-state index contributed by atoms with van der Waals surface area (Å²) in [7, 11) is -2.50. The van der Waals surface area contributed by atoms with Gasteiger partial charge in [-0.05, 0) is 49.4 Å². The first-order valence-electron chi connectivity index (χ1n) is 7.15. The highest BCUT2D eigenvalue weighted by molar-refractivity contribution is 7.89. The van der Waals surface area contributed by atoms with Crippen molar-refractivity contribution in [2.45, 2.75) is 17.9 Å². The van der Waals surface area contributed by atoms with Crippen LogP contribution in [0.1, 0.15) is 6.92 Å². The molecule has 1 amide bonds. The fourth-order valence-electron chi connectivity index (χ4n) is 1.95. The molecule has 0 unspecified atom stereocenters. The number of rotatable bonds is 6. The van der Waals surface area contributed by atoms with Crippen molar-refractivity contribution in [2.75, 3.05) is 12.4 Å². The molecule has 0 saturated carbocycles. The molecule has 1 atom stereocenters. The third-order valence-corrected chi connectivity index (χ3v) is 5.36. The molecule has 2 N–H and O–H groups in total. The normalized spacial score (nSPS) is 12.5. The molecule has 0 aliphatic carbocycles. The number of halogens is 2. The average molecular weight is 403 g/mol. The van der Waals surface area contributed by atoms with Crippen molar-refractivity contribution in [1.29, 1.82) is 0 Å². The zero-order chi connectivity index (χ0) is 18.6. The van der Waals surface area contributed by atoms with Gasteiger partial charge in [-0.3, -0.25) is 4.79 Å². The number of carbonyl (C=O) groups excluding carboxylic acids is 1. The Morgan fingerprint density at radius 1 is 1.12 bits per heavy atom. The van der Waals surface area contributed by atoms with Crippen molar-refractivity contribution >= 4 is 44.8 Å². The van der Waals surface area contributed by atoms with Gasteiger partial charge in [-0.25, -0.2) is 8.42 Å². The lowest BCUT2D eigenvalue weighted by atomic mass is 10.3. The van der Waals surface area contributed by atoms with Gasteiger partial charge in [0.2, 0.25) is 15.9 Å². The highest BCUT2D eigenvalue weighted by Gasteiger charge is 2.23. The molecule has 25 heavy (non-hydrogen) atoms. The molecule has 2 rings (SSSR count). The third kappa shape index (κ3) is 5.09. The van der Waals surface area contributed by atoms with Gasteiger partial charge in [0.1, 0.15) is 5.75 Å². The maximum Gasteiger partial charge on any atom is 0.242 e. The van der Waals surface area contributed by atoms with Crippen LogP contribution < -0.4 is 14.8 Å². The van der Waals surface area contributed by atoms with Gasteiger partial charge in [-0.1, -0.05) is 23.2 Å². The number of methoxy groups -OCH3 is 1. The summed E-state index contributed by atoms with van der Waals surface area (Å²) >= 11 is 11.7. The van der Waals surface area contributed by atoms with E-state index < -0.39 is 22.0 Å². The van der Waals surface area contributed by atoms with E-state index in [1.54, 1.807) is 24.3 Å². The highest BCUT2D eigenvalue weighted by atomic mass is 35.5. The zero-order valence-electron chi connectivity index (χ0n) is 13.4. The Morgan fingerprint density at radius 3 is 2.32 bits per heavy atom. The summed E-state index contributed by atoms with van der Waals surface area (Å²) in [6.45, 7) is 1.44. The lowest BCUT2D eigenvalue weighted by Crippen LogP contribution is -2.41. The number of amides is 1. The number of benzene rings is 2. The lowest BCUT2D eigenvalue weighted by molar-refractivity contribution is -0.117. The van der Waals surface area contributed by atoms with Gasteiger partial charge < -0.3 is 10.1 Å². The van der Waals surface area contributed by atoms with E-state index in [0.29, 0.717) is 16.5 Å². The Balaban J connectivity index is 2.09. The topological polar surface area (TPSA) is 84.5 Å². The zero-order valence-corrected chi connectivity index (χ0v) is 15.7. The number of nitrogens with one attached hydrogen (secondary N) is 2. The van der Waals surface area contributed by atoms with E-state index in [1.807, 2.05) is 0 Å². The van der Waals surface area contributed by atoms with Gasteiger partial charge in [-0.2, -0.15) is 4.72 Å². The highest BCUT2D eigenvalue weighted by Crippen LogP contribution is 2.27. The maximum atomic E-state index is 12.4. The smallest absolute Gasteiger partial charge is 0.242 e. The van der Waals surface area contributed by atoms with E-state index in [4.69, 9.17) is 27.9 Å². The van der Waals surface area contributed by atoms with Gasteiger partial charge in [0.15, 0.2) is 0 Å². The maximum absolute atomic E-state index is 12.4. The predicted octanol–water partition coefficient (Wildman–Crippen LogP) is 3.31. The van der Waals surface area contributed by atoms with Crippen LogP contribution in [0.2, 0.25) is 10.0 Å². The van der Waals surface area contributed by atoms with Gasteiger partial charge in [0.25, 0.3) is 0 Å². The minimum Gasteiger partial charge on any atom is -0.495 e. The summed E-state index contributed by atoms with van der Waals surface area (Å²) in [5.41, 5.74) is 0.507. The predicted molar refractivity (Wildman–Crippen MR) is 97.9 cm³/mol. The second kappa shape index (κ2) is 8.05. The minimum absolute atomic E-state index is 0.0653. The van der Waals surface area contributed by atoms with Crippen LogP contribution in [0.25, 0.3) is 0 Å². The number of hydrogen-bond acceptors (Lipinski definition) is 4. The molecule has 0 bridgehead atoms. The molecule has 0 heterocycles. The van der Waals surface area contributed by atoms with Crippen LogP contribution in [0.5, 0.6) is 5.75 Å². The SMILES string of the molecule is COc1ccc(S(=O)(=O)N[C@H](C)C(=O)Nc2ccc(Cl)cc2)cc1Cl. The van der Waals surface area contributed by atoms with E-state index in [9.17, 15) is 13.2 Å². The first-order chi connectivity index (χ1) is 11.7. The largest absolute Gasteiger partial charge is 0.495 e.